The first-order valence-corrected chi connectivity index (χ1v) is 10.3. The van der Waals surface area contributed by atoms with Gasteiger partial charge in [0.25, 0.3) is 5.78 Å². The smallest absolute Gasteiger partial charge is 0.253 e. The highest BCUT2D eigenvalue weighted by atomic mass is 79.9. The zero-order valence-corrected chi connectivity index (χ0v) is 18.0. The Morgan fingerprint density at radius 3 is 2.64 bits per heavy atom. The zero-order chi connectivity index (χ0) is 20.3. The number of nitrogens with one attached hydrogen (secondary N) is 2. The van der Waals surface area contributed by atoms with Gasteiger partial charge < -0.3 is 10.6 Å². The van der Waals surface area contributed by atoms with E-state index < -0.39 is 0 Å². The molecule has 0 saturated carbocycles. The van der Waals surface area contributed by atoms with E-state index in [1.807, 2.05) is 39.0 Å². The van der Waals surface area contributed by atoms with Crippen LogP contribution in [0, 0.1) is 20.8 Å². The largest absolute Gasteiger partial charge is 0.346 e. The van der Waals surface area contributed by atoms with Crippen molar-refractivity contribution < 1.29 is 9.59 Å². The summed E-state index contributed by atoms with van der Waals surface area (Å²) in [6, 6.07) is 7.27. The van der Waals surface area contributed by atoms with Gasteiger partial charge in [0.15, 0.2) is 0 Å². The number of halogens is 1. The number of benzene rings is 1. The Balaban J connectivity index is 1.52. The number of thioether (sulfide) groups is 1. The average molecular weight is 463 g/mol. The predicted octanol–water partition coefficient (Wildman–Crippen LogP) is 2.66. The normalized spacial score (nSPS) is 10.9. The minimum absolute atomic E-state index is 0.107. The first kappa shape index (κ1) is 20.3. The highest BCUT2D eigenvalue weighted by molar-refractivity contribution is 9.10. The third kappa shape index (κ3) is 4.68. The predicted molar refractivity (Wildman–Crippen MR) is 111 cm³/mol. The van der Waals surface area contributed by atoms with E-state index in [1.54, 1.807) is 10.6 Å². The molecule has 0 aliphatic heterocycles. The molecule has 0 bridgehead atoms. The Kier molecular flexibility index (Phi) is 6.30. The lowest BCUT2D eigenvalue weighted by Crippen LogP contribution is -2.34. The Labute approximate surface area is 174 Å². The molecule has 0 aliphatic rings. The van der Waals surface area contributed by atoms with Crippen molar-refractivity contribution in [3.63, 3.8) is 0 Å². The molecule has 1 aromatic carbocycles. The fraction of sp³-hybridized carbons (Fsp3) is 0.278. The summed E-state index contributed by atoms with van der Waals surface area (Å²) in [4.78, 5) is 32.8. The molecule has 2 amide bonds. The van der Waals surface area contributed by atoms with E-state index in [2.05, 4.69) is 41.6 Å². The molecular formula is C18H19BrN6O2S. The number of carbonyl (C=O) groups excluding carboxylic acids is 2. The van der Waals surface area contributed by atoms with Crippen molar-refractivity contribution >= 4 is 51.0 Å². The molecule has 0 saturated heterocycles. The SMILES string of the molecule is Cc1nc2nc(SCC(=O)NCC(=O)Nc3ccccc3Br)nn2c(C)c1C. The van der Waals surface area contributed by atoms with Crippen molar-refractivity contribution in [3.05, 3.63) is 45.7 Å². The number of para-hydroxylation sites is 1. The van der Waals surface area contributed by atoms with Crippen molar-refractivity contribution in [1.29, 1.82) is 0 Å². The molecule has 2 aromatic heterocycles. The van der Waals surface area contributed by atoms with Crippen LogP contribution in [0.1, 0.15) is 17.0 Å². The number of anilines is 1. The third-order valence-electron chi connectivity index (χ3n) is 4.17. The molecule has 0 aliphatic carbocycles. The molecule has 28 heavy (non-hydrogen) atoms. The number of aryl methyl sites for hydroxylation is 2. The molecule has 146 valence electrons. The summed E-state index contributed by atoms with van der Waals surface area (Å²) in [6.07, 6.45) is 0. The highest BCUT2D eigenvalue weighted by Gasteiger charge is 2.13. The Morgan fingerprint density at radius 1 is 1.14 bits per heavy atom. The van der Waals surface area contributed by atoms with Crippen molar-refractivity contribution in [1.82, 2.24) is 24.9 Å². The van der Waals surface area contributed by atoms with Gasteiger partial charge in [-0.3, -0.25) is 9.59 Å². The molecule has 8 nitrogen and oxygen atoms in total. The number of amides is 2. The van der Waals surface area contributed by atoms with Crippen LogP contribution in [0.5, 0.6) is 0 Å². The Hall–Kier alpha value is -2.46. The van der Waals surface area contributed by atoms with Gasteiger partial charge >= 0.3 is 0 Å². The maximum atomic E-state index is 12.0. The molecule has 10 heteroatoms. The number of aromatic nitrogens is 4. The van der Waals surface area contributed by atoms with E-state index in [9.17, 15) is 9.59 Å². The second-order valence-electron chi connectivity index (χ2n) is 6.11. The van der Waals surface area contributed by atoms with E-state index >= 15 is 0 Å². The summed E-state index contributed by atoms with van der Waals surface area (Å²) in [5, 5.41) is 10.2. The summed E-state index contributed by atoms with van der Waals surface area (Å²) >= 11 is 4.56. The molecular weight excluding hydrogens is 444 g/mol. The molecule has 0 unspecified atom stereocenters. The summed E-state index contributed by atoms with van der Waals surface area (Å²) in [5.74, 6) is 0.0392. The van der Waals surface area contributed by atoms with Crippen LogP contribution in [0.4, 0.5) is 5.69 Å². The second-order valence-corrected chi connectivity index (χ2v) is 7.90. The standard InChI is InChI=1S/C18H19BrN6O2S/c1-10-11(2)21-17-23-18(24-25(17)12(10)3)28-9-16(27)20-8-15(26)22-14-7-5-4-6-13(14)19/h4-7H,8-9H2,1-3H3,(H,20,27)(H,22,26). The highest BCUT2D eigenvalue weighted by Crippen LogP contribution is 2.21. The number of carbonyl (C=O) groups is 2. The van der Waals surface area contributed by atoms with Crippen LogP contribution in [0.3, 0.4) is 0 Å². The molecule has 2 heterocycles. The number of hydrogen-bond donors (Lipinski definition) is 2. The summed E-state index contributed by atoms with van der Waals surface area (Å²) < 4.78 is 2.45. The first-order chi connectivity index (χ1) is 13.3. The van der Waals surface area contributed by atoms with Crippen molar-refractivity contribution in [2.24, 2.45) is 0 Å². The van der Waals surface area contributed by atoms with Gasteiger partial charge in [-0.2, -0.15) is 4.98 Å². The van der Waals surface area contributed by atoms with Crippen LogP contribution < -0.4 is 10.6 Å². The molecule has 2 N–H and O–H groups in total. The van der Waals surface area contributed by atoms with E-state index in [-0.39, 0.29) is 24.1 Å². The monoisotopic (exact) mass is 462 g/mol. The third-order valence-corrected chi connectivity index (χ3v) is 5.70. The van der Waals surface area contributed by atoms with Crippen LogP contribution in [0.2, 0.25) is 0 Å². The maximum absolute atomic E-state index is 12.0. The average Bonchev–Trinajstić information content (AvgIpc) is 3.07. The van der Waals surface area contributed by atoms with Gasteiger partial charge in [0.1, 0.15) is 0 Å². The lowest BCUT2D eigenvalue weighted by molar-refractivity contribution is -0.122. The van der Waals surface area contributed by atoms with Crippen molar-refractivity contribution in [2.75, 3.05) is 17.6 Å². The molecule has 0 fully saturated rings. The van der Waals surface area contributed by atoms with Gasteiger partial charge in [0.2, 0.25) is 17.0 Å². The minimum Gasteiger partial charge on any atom is -0.346 e. The van der Waals surface area contributed by atoms with E-state index in [0.29, 0.717) is 16.6 Å². The van der Waals surface area contributed by atoms with Crippen molar-refractivity contribution in [3.8, 4) is 0 Å². The fourth-order valence-electron chi connectivity index (χ4n) is 2.42. The Morgan fingerprint density at radius 2 is 1.89 bits per heavy atom. The van der Waals surface area contributed by atoms with Crippen LogP contribution in [-0.4, -0.2) is 43.7 Å². The second kappa shape index (κ2) is 8.70. The summed E-state index contributed by atoms with van der Waals surface area (Å²) in [6.45, 7) is 5.75. The molecule has 0 radical (unpaired) electrons. The number of nitrogens with zero attached hydrogens (tertiary/aromatic N) is 4. The number of hydrogen-bond acceptors (Lipinski definition) is 6. The van der Waals surface area contributed by atoms with Gasteiger partial charge in [-0.25, -0.2) is 9.50 Å². The van der Waals surface area contributed by atoms with Crippen LogP contribution in [0.15, 0.2) is 33.9 Å². The van der Waals surface area contributed by atoms with Crippen LogP contribution in [0.25, 0.3) is 5.78 Å². The van der Waals surface area contributed by atoms with Crippen LogP contribution in [-0.2, 0) is 9.59 Å². The first-order valence-electron chi connectivity index (χ1n) is 8.49. The minimum atomic E-state index is -0.304. The van der Waals surface area contributed by atoms with Gasteiger partial charge in [-0.1, -0.05) is 23.9 Å². The van der Waals surface area contributed by atoms with E-state index in [1.165, 1.54) is 11.8 Å². The summed E-state index contributed by atoms with van der Waals surface area (Å²) in [7, 11) is 0. The molecule has 0 atom stereocenters. The van der Waals surface area contributed by atoms with Crippen molar-refractivity contribution in [2.45, 2.75) is 25.9 Å². The van der Waals surface area contributed by atoms with Crippen LogP contribution >= 0.6 is 27.7 Å². The lowest BCUT2D eigenvalue weighted by atomic mass is 10.2. The van der Waals surface area contributed by atoms with E-state index in [0.717, 1.165) is 21.4 Å². The molecule has 0 spiro atoms. The van der Waals surface area contributed by atoms with Gasteiger partial charge in [0.05, 0.1) is 18.0 Å². The number of fused-ring (bicyclic) bond motifs is 1. The zero-order valence-electron chi connectivity index (χ0n) is 15.6. The maximum Gasteiger partial charge on any atom is 0.253 e. The molecule has 3 rings (SSSR count). The van der Waals surface area contributed by atoms with Gasteiger partial charge in [-0.15, -0.1) is 5.10 Å². The lowest BCUT2D eigenvalue weighted by Gasteiger charge is -2.08. The summed E-state index contributed by atoms with van der Waals surface area (Å²) in [5.41, 5.74) is 3.58. The quantitative estimate of drug-likeness (QED) is 0.546. The topological polar surface area (TPSA) is 101 Å². The Bertz CT molecular complexity index is 1050. The van der Waals surface area contributed by atoms with Gasteiger partial charge in [0, 0.05) is 15.9 Å². The molecule has 3 aromatic rings. The fourth-order valence-corrected chi connectivity index (χ4v) is 3.45. The van der Waals surface area contributed by atoms with Gasteiger partial charge in [-0.05, 0) is 54.4 Å². The van der Waals surface area contributed by atoms with E-state index in [4.69, 9.17) is 0 Å². The number of rotatable bonds is 6.